The molecule has 0 atom stereocenters. The molecule has 1 aliphatic heterocycles. The van der Waals surface area contributed by atoms with Gasteiger partial charge in [-0.15, -0.1) is 0 Å². The molecule has 0 saturated carbocycles. The number of hydrogen-bond donors (Lipinski definition) is 1. The van der Waals surface area contributed by atoms with Crippen molar-refractivity contribution in [2.45, 2.75) is 19.9 Å². The Morgan fingerprint density at radius 3 is 2.35 bits per heavy atom. The quantitative estimate of drug-likeness (QED) is 0.701. The number of rotatable bonds is 5. The van der Waals surface area contributed by atoms with E-state index >= 15 is 0 Å². The second kappa shape index (κ2) is 6.93. The van der Waals surface area contributed by atoms with E-state index in [1.165, 1.54) is 0 Å². The number of carbonyl (C=O) groups excluding carboxylic acids is 1. The first-order valence-corrected chi connectivity index (χ1v) is 6.45. The fraction of sp³-hybridized carbons (Fsp3) is 0.917. The molecule has 0 aliphatic carbocycles. The van der Waals surface area contributed by atoms with Gasteiger partial charge in [0, 0.05) is 45.3 Å². The number of hydrogen-bond acceptors (Lipinski definition) is 4. The molecule has 0 spiro atoms. The predicted molar refractivity (Wildman–Crippen MR) is 69.8 cm³/mol. The first kappa shape index (κ1) is 14.4. The van der Waals surface area contributed by atoms with Gasteiger partial charge < -0.3 is 15.5 Å². The van der Waals surface area contributed by atoms with Crippen LogP contribution in [0.25, 0.3) is 0 Å². The summed E-state index contributed by atoms with van der Waals surface area (Å²) in [6, 6.07) is 0.370. The van der Waals surface area contributed by atoms with Crippen molar-refractivity contribution in [3.63, 3.8) is 0 Å². The number of likely N-dealkylation sites (N-methyl/N-ethyl adjacent to an activating group) is 1. The molecule has 0 aromatic rings. The van der Waals surface area contributed by atoms with E-state index in [2.05, 4.69) is 30.7 Å². The van der Waals surface area contributed by atoms with Crippen LogP contribution in [0.5, 0.6) is 0 Å². The van der Waals surface area contributed by atoms with Gasteiger partial charge in [0.25, 0.3) is 0 Å². The van der Waals surface area contributed by atoms with E-state index in [9.17, 15) is 4.79 Å². The molecule has 1 saturated heterocycles. The maximum absolute atomic E-state index is 12.1. The number of nitrogens with two attached hydrogens (primary N) is 1. The molecule has 17 heavy (non-hydrogen) atoms. The maximum atomic E-state index is 12.1. The van der Waals surface area contributed by atoms with E-state index in [0.717, 1.165) is 32.7 Å². The molecule has 1 amide bonds. The monoisotopic (exact) mass is 242 g/mol. The summed E-state index contributed by atoms with van der Waals surface area (Å²) in [7, 11) is 2.09. The summed E-state index contributed by atoms with van der Waals surface area (Å²) in [4.78, 5) is 18.5. The standard InChI is InChI=1S/C12H26N4O/c1-11(2)16(5-4-13)10-12(17)15-8-6-14(3)7-9-15/h11H,4-10,13H2,1-3H3. The van der Waals surface area contributed by atoms with E-state index in [1.54, 1.807) is 0 Å². The van der Waals surface area contributed by atoms with E-state index in [-0.39, 0.29) is 5.91 Å². The Bertz CT molecular complexity index is 237. The molecule has 0 aromatic carbocycles. The van der Waals surface area contributed by atoms with E-state index in [0.29, 0.717) is 19.1 Å². The smallest absolute Gasteiger partial charge is 0.236 e. The third kappa shape index (κ3) is 4.61. The second-order valence-electron chi connectivity index (χ2n) is 5.04. The van der Waals surface area contributed by atoms with Gasteiger partial charge in [0.1, 0.15) is 0 Å². The van der Waals surface area contributed by atoms with Gasteiger partial charge in [-0.1, -0.05) is 0 Å². The van der Waals surface area contributed by atoms with Crippen molar-refractivity contribution in [3.8, 4) is 0 Å². The zero-order chi connectivity index (χ0) is 12.8. The molecule has 5 heteroatoms. The first-order chi connectivity index (χ1) is 8.04. The summed E-state index contributed by atoms with van der Waals surface area (Å²) in [5, 5.41) is 0. The van der Waals surface area contributed by atoms with Gasteiger partial charge in [0.2, 0.25) is 5.91 Å². The lowest BCUT2D eigenvalue weighted by atomic mass is 10.2. The van der Waals surface area contributed by atoms with Crippen molar-refractivity contribution >= 4 is 5.91 Å². The van der Waals surface area contributed by atoms with E-state index < -0.39 is 0 Å². The van der Waals surface area contributed by atoms with Crippen LogP contribution in [-0.2, 0) is 4.79 Å². The summed E-state index contributed by atoms with van der Waals surface area (Å²) in [5.74, 6) is 0.236. The van der Waals surface area contributed by atoms with Crippen molar-refractivity contribution < 1.29 is 4.79 Å². The van der Waals surface area contributed by atoms with Crippen LogP contribution in [-0.4, -0.2) is 79.5 Å². The summed E-state index contributed by atoms with van der Waals surface area (Å²) < 4.78 is 0. The topological polar surface area (TPSA) is 52.8 Å². The molecule has 0 radical (unpaired) electrons. The highest BCUT2D eigenvalue weighted by Crippen LogP contribution is 2.03. The molecule has 1 aliphatic rings. The lowest BCUT2D eigenvalue weighted by Crippen LogP contribution is -2.51. The average Bonchev–Trinajstić information content (AvgIpc) is 2.29. The SMILES string of the molecule is CC(C)N(CCN)CC(=O)N1CCN(C)CC1. The molecular formula is C12H26N4O. The lowest BCUT2D eigenvalue weighted by molar-refractivity contribution is -0.134. The summed E-state index contributed by atoms with van der Waals surface area (Å²) in [6.07, 6.45) is 0. The zero-order valence-electron chi connectivity index (χ0n) is 11.4. The van der Waals surface area contributed by atoms with Gasteiger partial charge in [-0.3, -0.25) is 9.69 Å². The molecular weight excluding hydrogens is 216 g/mol. The minimum atomic E-state index is 0.236. The Labute approximate surface area is 105 Å². The van der Waals surface area contributed by atoms with Crippen molar-refractivity contribution in [1.82, 2.24) is 14.7 Å². The lowest BCUT2D eigenvalue weighted by Gasteiger charge is -2.34. The molecule has 100 valence electrons. The van der Waals surface area contributed by atoms with Crippen LogP contribution in [0.1, 0.15) is 13.8 Å². The van der Waals surface area contributed by atoms with Crippen molar-refractivity contribution in [1.29, 1.82) is 0 Å². The summed E-state index contributed by atoms with van der Waals surface area (Å²) >= 11 is 0. The number of piperazine rings is 1. The van der Waals surface area contributed by atoms with Crippen molar-refractivity contribution in [2.75, 3.05) is 52.9 Å². The summed E-state index contributed by atoms with van der Waals surface area (Å²) in [5.41, 5.74) is 5.57. The van der Waals surface area contributed by atoms with Gasteiger partial charge in [-0.05, 0) is 20.9 Å². The Balaban J connectivity index is 2.41. The fourth-order valence-electron chi connectivity index (χ4n) is 2.02. The highest BCUT2D eigenvalue weighted by atomic mass is 16.2. The Morgan fingerprint density at radius 2 is 1.88 bits per heavy atom. The van der Waals surface area contributed by atoms with Gasteiger partial charge in [0.05, 0.1) is 6.54 Å². The van der Waals surface area contributed by atoms with Crippen LogP contribution in [0.3, 0.4) is 0 Å². The van der Waals surface area contributed by atoms with Gasteiger partial charge in [0.15, 0.2) is 0 Å². The Morgan fingerprint density at radius 1 is 1.29 bits per heavy atom. The fourth-order valence-corrected chi connectivity index (χ4v) is 2.02. The second-order valence-corrected chi connectivity index (χ2v) is 5.04. The van der Waals surface area contributed by atoms with Crippen molar-refractivity contribution in [3.05, 3.63) is 0 Å². The predicted octanol–water partition coefficient (Wildman–Crippen LogP) is -0.570. The zero-order valence-corrected chi connectivity index (χ0v) is 11.4. The van der Waals surface area contributed by atoms with Crippen LogP contribution < -0.4 is 5.73 Å². The van der Waals surface area contributed by atoms with Crippen LogP contribution in [0.15, 0.2) is 0 Å². The Hall–Kier alpha value is -0.650. The number of amides is 1. The third-order valence-electron chi connectivity index (χ3n) is 3.34. The highest BCUT2D eigenvalue weighted by molar-refractivity contribution is 5.78. The molecule has 0 unspecified atom stereocenters. The van der Waals surface area contributed by atoms with Gasteiger partial charge >= 0.3 is 0 Å². The van der Waals surface area contributed by atoms with Crippen molar-refractivity contribution in [2.24, 2.45) is 5.73 Å². The van der Waals surface area contributed by atoms with E-state index in [1.807, 2.05) is 4.90 Å². The molecule has 0 bridgehead atoms. The maximum Gasteiger partial charge on any atom is 0.236 e. The molecule has 2 N–H and O–H groups in total. The van der Waals surface area contributed by atoms with Crippen LogP contribution in [0.2, 0.25) is 0 Å². The first-order valence-electron chi connectivity index (χ1n) is 6.45. The minimum Gasteiger partial charge on any atom is -0.339 e. The van der Waals surface area contributed by atoms with Crippen LogP contribution in [0, 0.1) is 0 Å². The normalized spacial score (nSPS) is 18.1. The van der Waals surface area contributed by atoms with Crippen LogP contribution >= 0.6 is 0 Å². The van der Waals surface area contributed by atoms with Gasteiger partial charge in [-0.25, -0.2) is 0 Å². The van der Waals surface area contributed by atoms with E-state index in [4.69, 9.17) is 5.73 Å². The number of nitrogens with zero attached hydrogens (tertiary/aromatic N) is 3. The highest BCUT2D eigenvalue weighted by Gasteiger charge is 2.21. The molecule has 1 rings (SSSR count). The Kier molecular flexibility index (Phi) is 5.88. The van der Waals surface area contributed by atoms with Gasteiger partial charge in [-0.2, -0.15) is 0 Å². The van der Waals surface area contributed by atoms with Crippen LogP contribution in [0.4, 0.5) is 0 Å². The molecule has 5 nitrogen and oxygen atoms in total. The minimum absolute atomic E-state index is 0.236. The third-order valence-corrected chi connectivity index (χ3v) is 3.34. The number of carbonyl (C=O) groups is 1. The largest absolute Gasteiger partial charge is 0.339 e. The molecule has 0 aromatic heterocycles. The average molecular weight is 242 g/mol. The molecule has 1 fully saturated rings. The molecule has 1 heterocycles. The summed E-state index contributed by atoms with van der Waals surface area (Å²) in [6.45, 7) is 9.76.